The number of nitrogens with one attached hydrogen (secondary N) is 1. The van der Waals surface area contributed by atoms with E-state index in [1.165, 1.54) is 51.6 Å². The van der Waals surface area contributed by atoms with Gasteiger partial charge in [0.15, 0.2) is 0 Å². The molecular formula is C10H26BNO3. The van der Waals surface area contributed by atoms with E-state index in [9.17, 15) is 0 Å². The molecule has 0 saturated heterocycles. The number of hydrogen-bond acceptors (Lipinski definition) is 4. The van der Waals surface area contributed by atoms with E-state index < -0.39 is 7.32 Å². The molecule has 0 radical (unpaired) electrons. The first-order valence-corrected chi connectivity index (χ1v) is 5.90. The Labute approximate surface area is 93.9 Å². The van der Waals surface area contributed by atoms with Crippen LogP contribution in [-0.4, -0.2) is 35.5 Å². The summed E-state index contributed by atoms with van der Waals surface area (Å²) in [5, 5.41) is 24.9. The van der Waals surface area contributed by atoms with Crippen LogP contribution in [0, 0.1) is 0 Å². The van der Waals surface area contributed by atoms with Gasteiger partial charge in [-0.3, -0.25) is 0 Å². The van der Waals surface area contributed by atoms with E-state index in [-0.39, 0.29) is 0 Å². The van der Waals surface area contributed by atoms with Crippen LogP contribution < -0.4 is 5.32 Å². The molecule has 0 aromatic rings. The van der Waals surface area contributed by atoms with Crippen LogP contribution in [0.2, 0.25) is 0 Å². The van der Waals surface area contributed by atoms with Gasteiger partial charge < -0.3 is 20.4 Å². The summed E-state index contributed by atoms with van der Waals surface area (Å²) in [6.45, 7) is 6.92. The minimum absolute atomic E-state index is 1.21. The average Bonchev–Trinajstić information content (AvgIpc) is 2.16. The molecule has 15 heavy (non-hydrogen) atoms. The first-order chi connectivity index (χ1) is 7.15. The van der Waals surface area contributed by atoms with Gasteiger partial charge in [-0.15, -0.1) is 0 Å². The highest BCUT2D eigenvalue weighted by molar-refractivity contribution is 6.30. The second-order valence-electron chi connectivity index (χ2n) is 3.51. The van der Waals surface area contributed by atoms with E-state index in [1.54, 1.807) is 0 Å². The lowest BCUT2D eigenvalue weighted by molar-refractivity contribution is 0.278. The third-order valence-electron chi connectivity index (χ3n) is 1.91. The Morgan fingerprint density at radius 1 is 0.800 bits per heavy atom. The van der Waals surface area contributed by atoms with Crippen molar-refractivity contribution >= 4 is 7.32 Å². The lowest BCUT2D eigenvalue weighted by atomic mass is 10.2. The minimum Gasteiger partial charge on any atom is -0.402 e. The van der Waals surface area contributed by atoms with E-state index in [1.807, 2.05) is 0 Å². The Morgan fingerprint density at radius 3 is 1.73 bits per heavy atom. The van der Waals surface area contributed by atoms with Crippen LogP contribution >= 0.6 is 0 Å². The SMILES string of the molecule is CCCCCCNCCCC.OB(O)O. The predicted molar refractivity (Wildman–Crippen MR) is 64.3 cm³/mol. The van der Waals surface area contributed by atoms with Crippen LogP contribution in [0.4, 0.5) is 0 Å². The molecular weight excluding hydrogens is 193 g/mol. The molecule has 0 aliphatic rings. The summed E-state index contributed by atoms with van der Waals surface area (Å²) in [6.07, 6.45) is 8.13. The maximum Gasteiger partial charge on any atom is 0.631 e. The molecule has 0 aromatic heterocycles. The van der Waals surface area contributed by atoms with Crippen LogP contribution in [-0.2, 0) is 0 Å². The Balaban J connectivity index is 0. The second kappa shape index (κ2) is 16.3. The molecule has 0 rings (SSSR count). The van der Waals surface area contributed by atoms with Crippen molar-refractivity contribution < 1.29 is 15.1 Å². The highest BCUT2D eigenvalue weighted by atomic mass is 16.5. The van der Waals surface area contributed by atoms with E-state index in [0.717, 1.165) is 0 Å². The fraction of sp³-hybridized carbons (Fsp3) is 1.00. The summed E-state index contributed by atoms with van der Waals surface area (Å²) in [5.74, 6) is 0. The van der Waals surface area contributed by atoms with Crippen molar-refractivity contribution in [2.75, 3.05) is 13.1 Å². The van der Waals surface area contributed by atoms with Gasteiger partial charge in [0.1, 0.15) is 0 Å². The first-order valence-electron chi connectivity index (χ1n) is 5.90. The summed E-state index contributed by atoms with van der Waals surface area (Å²) < 4.78 is 0. The molecule has 0 bridgehead atoms. The zero-order chi connectivity index (χ0) is 11.9. The smallest absolute Gasteiger partial charge is 0.402 e. The first kappa shape index (κ1) is 17.3. The van der Waals surface area contributed by atoms with Crippen molar-refractivity contribution in [3.05, 3.63) is 0 Å². The predicted octanol–water partition coefficient (Wildman–Crippen LogP) is 0.905. The molecule has 0 saturated carbocycles. The summed E-state index contributed by atoms with van der Waals surface area (Å²) in [7, 11) is -2.17. The molecule has 0 amide bonds. The Hall–Kier alpha value is -0.0951. The third-order valence-corrected chi connectivity index (χ3v) is 1.91. The standard InChI is InChI=1S/C10H23N.BH3O3/c1-3-5-7-8-10-11-9-6-4-2;2-1(3)4/h11H,3-10H2,1-2H3;2-4H. The van der Waals surface area contributed by atoms with Crippen molar-refractivity contribution in [3.63, 3.8) is 0 Å². The van der Waals surface area contributed by atoms with Crippen LogP contribution in [0.25, 0.3) is 0 Å². The number of hydrogen-bond donors (Lipinski definition) is 4. The maximum absolute atomic E-state index is 7.17. The van der Waals surface area contributed by atoms with Gasteiger partial charge in [-0.1, -0.05) is 39.5 Å². The van der Waals surface area contributed by atoms with E-state index >= 15 is 0 Å². The third kappa shape index (κ3) is 31.5. The molecule has 0 fully saturated rings. The molecule has 5 heteroatoms. The van der Waals surface area contributed by atoms with E-state index in [0.29, 0.717) is 0 Å². The Bertz CT molecular complexity index is 93.9. The summed E-state index contributed by atoms with van der Waals surface area (Å²) in [6, 6.07) is 0. The summed E-state index contributed by atoms with van der Waals surface area (Å²) in [5.41, 5.74) is 0. The number of unbranched alkanes of at least 4 members (excludes halogenated alkanes) is 4. The van der Waals surface area contributed by atoms with E-state index in [4.69, 9.17) is 15.1 Å². The Kier molecular flexibility index (Phi) is 18.8. The highest BCUT2D eigenvalue weighted by Crippen LogP contribution is 1.96. The summed E-state index contributed by atoms with van der Waals surface area (Å²) in [4.78, 5) is 0. The molecule has 0 aliphatic heterocycles. The lowest BCUT2D eigenvalue weighted by Gasteiger charge is -2.02. The summed E-state index contributed by atoms with van der Waals surface area (Å²) >= 11 is 0. The molecule has 0 unspecified atom stereocenters. The van der Waals surface area contributed by atoms with Crippen molar-refractivity contribution in [1.82, 2.24) is 5.32 Å². The molecule has 92 valence electrons. The number of rotatable bonds is 8. The molecule has 4 nitrogen and oxygen atoms in total. The van der Waals surface area contributed by atoms with Crippen LogP contribution in [0.3, 0.4) is 0 Å². The monoisotopic (exact) mass is 219 g/mol. The van der Waals surface area contributed by atoms with Crippen molar-refractivity contribution in [1.29, 1.82) is 0 Å². The van der Waals surface area contributed by atoms with Crippen molar-refractivity contribution in [2.24, 2.45) is 0 Å². The van der Waals surface area contributed by atoms with Gasteiger partial charge >= 0.3 is 7.32 Å². The van der Waals surface area contributed by atoms with Crippen molar-refractivity contribution in [2.45, 2.75) is 52.4 Å². The highest BCUT2D eigenvalue weighted by Gasteiger charge is 1.92. The molecule has 0 aromatic carbocycles. The van der Waals surface area contributed by atoms with Crippen LogP contribution in [0.15, 0.2) is 0 Å². The minimum atomic E-state index is -2.17. The molecule has 0 spiro atoms. The van der Waals surface area contributed by atoms with E-state index in [2.05, 4.69) is 19.2 Å². The Morgan fingerprint density at radius 2 is 1.27 bits per heavy atom. The zero-order valence-electron chi connectivity index (χ0n) is 10.1. The quantitative estimate of drug-likeness (QED) is 0.361. The zero-order valence-corrected chi connectivity index (χ0v) is 10.1. The molecule has 0 atom stereocenters. The fourth-order valence-electron chi connectivity index (χ4n) is 1.10. The topological polar surface area (TPSA) is 72.7 Å². The van der Waals surface area contributed by atoms with Crippen LogP contribution in [0.5, 0.6) is 0 Å². The lowest BCUT2D eigenvalue weighted by Crippen LogP contribution is -2.16. The van der Waals surface area contributed by atoms with Crippen LogP contribution in [0.1, 0.15) is 52.4 Å². The van der Waals surface area contributed by atoms with Gasteiger partial charge in [-0.2, -0.15) is 0 Å². The maximum atomic E-state index is 7.17. The molecule has 0 heterocycles. The second-order valence-corrected chi connectivity index (χ2v) is 3.51. The van der Waals surface area contributed by atoms with Gasteiger partial charge in [-0.05, 0) is 25.9 Å². The molecule has 0 aliphatic carbocycles. The normalized spacial score (nSPS) is 9.40. The fourth-order valence-corrected chi connectivity index (χ4v) is 1.10. The van der Waals surface area contributed by atoms with Gasteiger partial charge in [0.25, 0.3) is 0 Å². The van der Waals surface area contributed by atoms with Gasteiger partial charge in [0, 0.05) is 0 Å². The van der Waals surface area contributed by atoms with Gasteiger partial charge in [-0.25, -0.2) is 0 Å². The van der Waals surface area contributed by atoms with Gasteiger partial charge in [0.05, 0.1) is 0 Å². The largest absolute Gasteiger partial charge is 0.631 e. The molecule has 4 N–H and O–H groups in total. The van der Waals surface area contributed by atoms with Crippen molar-refractivity contribution in [3.8, 4) is 0 Å². The average molecular weight is 219 g/mol. The van der Waals surface area contributed by atoms with Gasteiger partial charge in [0.2, 0.25) is 0 Å².